The van der Waals surface area contributed by atoms with Gasteiger partial charge in [-0.15, -0.1) is 0 Å². The highest BCUT2D eigenvalue weighted by atomic mass is 16.1. The van der Waals surface area contributed by atoms with Crippen molar-refractivity contribution in [3.05, 3.63) is 17.8 Å². The second kappa shape index (κ2) is 5.03. The molecule has 0 atom stereocenters. The van der Waals surface area contributed by atoms with E-state index in [1.807, 2.05) is 19.9 Å². The largest absolute Gasteiger partial charge is 0.369 e. The number of carbonyl (C=O) groups is 1. The third kappa shape index (κ3) is 2.27. The topological polar surface area (TPSA) is 85.8 Å². The number of nitrogens with two attached hydrogens (primary N) is 1. The van der Waals surface area contributed by atoms with Crippen LogP contribution in [0.2, 0.25) is 0 Å². The van der Waals surface area contributed by atoms with Crippen LogP contribution in [0, 0.1) is 6.92 Å². The molecule has 2 aromatic heterocycles. The number of pyridine rings is 1. The lowest BCUT2D eigenvalue weighted by Gasteiger charge is -2.06. The summed E-state index contributed by atoms with van der Waals surface area (Å²) in [6, 6.07) is 1.87. The lowest BCUT2D eigenvalue weighted by molar-refractivity contribution is -0.121. The quantitative estimate of drug-likeness (QED) is 0.838. The molecule has 0 aliphatic heterocycles. The van der Waals surface area contributed by atoms with E-state index in [0.717, 1.165) is 17.5 Å². The first-order valence-electron chi connectivity index (χ1n) is 5.97. The normalized spacial score (nSPS) is 10.8. The molecule has 2 heterocycles. The number of rotatable bonds is 4. The van der Waals surface area contributed by atoms with Crippen molar-refractivity contribution in [3.63, 3.8) is 0 Å². The van der Waals surface area contributed by atoms with Gasteiger partial charge in [0.2, 0.25) is 11.9 Å². The Balaban J connectivity index is 2.30. The first-order chi connectivity index (χ1) is 8.63. The predicted octanol–water partition coefficient (Wildman–Crippen LogP) is 0.848. The molecule has 2 aromatic rings. The SMILES string of the molecule is CCCNC(=O)Cn1c(N)nc2c(C)ccnc21. The van der Waals surface area contributed by atoms with Gasteiger partial charge in [0.25, 0.3) is 0 Å². The van der Waals surface area contributed by atoms with E-state index in [1.54, 1.807) is 10.8 Å². The number of carbonyl (C=O) groups excluding carboxylic acids is 1. The van der Waals surface area contributed by atoms with Crippen LogP contribution in [0.3, 0.4) is 0 Å². The van der Waals surface area contributed by atoms with E-state index in [1.165, 1.54) is 0 Å². The van der Waals surface area contributed by atoms with Crippen molar-refractivity contribution in [2.24, 2.45) is 0 Å². The summed E-state index contributed by atoms with van der Waals surface area (Å²) < 4.78 is 1.63. The molecule has 0 unspecified atom stereocenters. The first-order valence-corrected chi connectivity index (χ1v) is 5.97. The number of aryl methyl sites for hydroxylation is 1. The number of hydrogen-bond acceptors (Lipinski definition) is 4. The van der Waals surface area contributed by atoms with E-state index < -0.39 is 0 Å². The van der Waals surface area contributed by atoms with E-state index in [-0.39, 0.29) is 12.5 Å². The van der Waals surface area contributed by atoms with Crippen LogP contribution in [0.1, 0.15) is 18.9 Å². The van der Waals surface area contributed by atoms with Gasteiger partial charge in [-0.1, -0.05) is 6.92 Å². The Bertz CT molecular complexity index is 575. The number of amides is 1. The van der Waals surface area contributed by atoms with Gasteiger partial charge < -0.3 is 11.1 Å². The summed E-state index contributed by atoms with van der Waals surface area (Å²) in [5, 5.41) is 2.81. The number of imidazole rings is 1. The molecule has 0 saturated carbocycles. The minimum absolute atomic E-state index is 0.0776. The lowest BCUT2D eigenvalue weighted by Crippen LogP contribution is -2.28. The molecule has 0 aromatic carbocycles. The zero-order valence-corrected chi connectivity index (χ0v) is 10.6. The smallest absolute Gasteiger partial charge is 0.240 e. The molecule has 96 valence electrons. The minimum Gasteiger partial charge on any atom is -0.369 e. The summed E-state index contributed by atoms with van der Waals surface area (Å²) >= 11 is 0. The lowest BCUT2D eigenvalue weighted by atomic mass is 10.3. The van der Waals surface area contributed by atoms with Crippen LogP contribution in [-0.2, 0) is 11.3 Å². The fourth-order valence-electron chi connectivity index (χ4n) is 1.78. The van der Waals surface area contributed by atoms with Crippen LogP contribution < -0.4 is 11.1 Å². The van der Waals surface area contributed by atoms with Crippen molar-refractivity contribution < 1.29 is 4.79 Å². The van der Waals surface area contributed by atoms with E-state index >= 15 is 0 Å². The van der Waals surface area contributed by atoms with Gasteiger partial charge in [-0.25, -0.2) is 9.97 Å². The molecule has 0 spiro atoms. The van der Waals surface area contributed by atoms with Crippen LogP contribution in [0.5, 0.6) is 0 Å². The molecule has 0 bridgehead atoms. The Hall–Kier alpha value is -2.11. The molecule has 0 aliphatic rings. The molecule has 0 radical (unpaired) electrons. The Labute approximate surface area is 105 Å². The van der Waals surface area contributed by atoms with E-state index in [2.05, 4.69) is 15.3 Å². The fourth-order valence-corrected chi connectivity index (χ4v) is 1.78. The second-order valence-electron chi connectivity index (χ2n) is 4.21. The Morgan fingerprint density at radius 1 is 1.56 bits per heavy atom. The van der Waals surface area contributed by atoms with Crippen LogP contribution in [0.4, 0.5) is 5.95 Å². The third-order valence-electron chi connectivity index (χ3n) is 2.74. The van der Waals surface area contributed by atoms with Gasteiger partial charge in [0.05, 0.1) is 0 Å². The maximum absolute atomic E-state index is 11.7. The molecule has 18 heavy (non-hydrogen) atoms. The molecule has 3 N–H and O–H groups in total. The zero-order valence-electron chi connectivity index (χ0n) is 10.6. The van der Waals surface area contributed by atoms with Gasteiger partial charge in [-0.05, 0) is 25.0 Å². The van der Waals surface area contributed by atoms with E-state index in [0.29, 0.717) is 18.1 Å². The summed E-state index contributed by atoms with van der Waals surface area (Å²) in [5.41, 5.74) is 8.23. The number of hydrogen-bond donors (Lipinski definition) is 2. The summed E-state index contributed by atoms with van der Waals surface area (Å²) in [5.74, 6) is 0.240. The highest BCUT2D eigenvalue weighted by Crippen LogP contribution is 2.18. The van der Waals surface area contributed by atoms with Crippen LogP contribution in [0.15, 0.2) is 12.3 Å². The van der Waals surface area contributed by atoms with Gasteiger partial charge in [0, 0.05) is 12.7 Å². The molecule has 6 nitrogen and oxygen atoms in total. The molecule has 1 amide bonds. The molecule has 6 heteroatoms. The average molecular weight is 247 g/mol. The minimum atomic E-state index is -0.0776. The van der Waals surface area contributed by atoms with Crippen molar-refractivity contribution in [3.8, 4) is 0 Å². The number of nitrogens with one attached hydrogen (secondary N) is 1. The molecule has 0 saturated heterocycles. The predicted molar refractivity (Wildman–Crippen MR) is 70.0 cm³/mol. The molecule has 2 rings (SSSR count). The average Bonchev–Trinajstić information content (AvgIpc) is 2.66. The monoisotopic (exact) mass is 247 g/mol. The number of aromatic nitrogens is 3. The van der Waals surface area contributed by atoms with Gasteiger partial charge in [0.15, 0.2) is 5.65 Å². The molecule has 0 aliphatic carbocycles. The summed E-state index contributed by atoms with van der Waals surface area (Å²) in [7, 11) is 0. The van der Waals surface area contributed by atoms with E-state index in [4.69, 9.17) is 5.73 Å². The maximum Gasteiger partial charge on any atom is 0.240 e. The zero-order chi connectivity index (χ0) is 13.1. The Morgan fingerprint density at radius 3 is 3.06 bits per heavy atom. The van der Waals surface area contributed by atoms with Crippen molar-refractivity contribution in [2.45, 2.75) is 26.8 Å². The highest BCUT2D eigenvalue weighted by Gasteiger charge is 2.13. The van der Waals surface area contributed by atoms with Crippen LogP contribution in [0.25, 0.3) is 11.2 Å². The molecular weight excluding hydrogens is 230 g/mol. The summed E-state index contributed by atoms with van der Waals surface area (Å²) in [4.78, 5) is 20.2. The van der Waals surface area contributed by atoms with Gasteiger partial charge >= 0.3 is 0 Å². The third-order valence-corrected chi connectivity index (χ3v) is 2.74. The Kier molecular flexibility index (Phi) is 3.45. The number of nitrogen functional groups attached to an aromatic ring is 1. The van der Waals surface area contributed by atoms with Gasteiger partial charge in [0.1, 0.15) is 12.1 Å². The first kappa shape index (κ1) is 12.3. The van der Waals surface area contributed by atoms with Crippen molar-refractivity contribution in [1.82, 2.24) is 19.9 Å². The number of anilines is 1. The van der Waals surface area contributed by atoms with E-state index in [9.17, 15) is 4.79 Å². The Morgan fingerprint density at radius 2 is 2.33 bits per heavy atom. The van der Waals surface area contributed by atoms with Crippen LogP contribution >= 0.6 is 0 Å². The van der Waals surface area contributed by atoms with Crippen molar-refractivity contribution in [1.29, 1.82) is 0 Å². The molecular formula is C12H17N5O. The number of fused-ring (bicyclic) bond motifs is 1. The van der Waals surface area contributed by atoms with Crippen molar-refractivity contribution in [2.75, 3.05) is 12.3 Å². The van der Waals surface area contributed by atoms with Crippen LogP contribution in [-0.4, -0.2) is 27.0 Å². The maximum atomic E-state index is 11.7. The summed E-state index contributed by atoms with van der Waals surface area (Å²) in [6.45, 7) is 4.76. The summed E-state index contributed by atoms with van der Waals surface area (Å²) in [6.07, 6.45) is 2.60. The van der Waals surface area contributed by atoms with Gasteiger partial charge in [-0.2, -0.15) is 0 Å². The molecule has 0 fully saturated rings. The standard InChI is InChI=1S/C12H17N5O/c1-3-5-14-9(18)7-17-11-10(16-12(17)13)8(2)4-6-15-11/h4,6H,3,5,7H2,1-2H3,(H2,13,16)(H,14,18). The fraction of sp³-hybridized carbons (Fsp3) is 0.417. The number of nitrogens with zero attached hydrogens (tertiary/aromatic N) is 3. The highest BCUT2D eigenvalue weighted by molar-refractivity contribution is 5.82. The van der Waals surface area contributed by atoms with Crippen molar-refractivity contribution >= 4 is 23.0 Å². The second-order valence-corrected chi connectivity index (χ2v) is 4.21. The van der Waals surface area contributed by atoms with Gasteiger partial charge in [-0.3, -0.25) is 9.36 Å².